The van der Waals surface area contributed by atoms with Crippen molar-refractivity contribution in [2.45, 2.75) is 6.42 Å². The summed E-state index contributed by atoms with van der Waals surface area (Å²) in [6.07, 6.45) is 3.91. The molecule has 0 aliphatic carbocycles. The van der Waals surface area contributed by atoms with Crippen LogP contribution in [0.1, 0.15) is 6.42 Å². The lowest BCUT2D eigenvalue weighted by Crippen LogP contribution is -2.50. The number of hydrogen-bond donors (Lipinski definition) is 2. The van der Waals surface area contributed by atoms with Crippen molar-refractivity contribution in [1.29, 1.82) is 0 Å². The van der Waals surface area contributed by atoms with Gasteiger partial charge in [0.2, 0.25) is 5.91 Å². The molecule has 4 heterocycles. The second-order valence-electron chi connectivity index (χ2n) is 5.72. The van der Waals surface area contributed by atoms with E-state index in [1.165, 1.54) is 0 Å². The Morgan fingerprint density at radius 3 is 2.67 bits per heavy atom. The van der Waals surface area contributed by atoms with Gasteiger partial charge in [0.25, 0.3) is 0 Å². The van der Waals surface area contributed by atoms with E-state index >= 15 is 0 Å². The predicted molar refractivity (Wildman–Crippen MR) is 93.0 cm³/mol. The van der Waals surface area contributed by atoms with E-state index in [1.54, 1.807) is 11.1 Å². The number of carbonyl (C=O) groups excluding carboxylic acids is 2. The lowest BCUT2D eigenvalue weighted by molar-refractivity contribution is -0.120. The van der Waals surface area contributed by atoms with Crippen molar-refractivity contribution in [3.8, 4) is 0 Å². The van der Waals surface area contributed by atoms with Gasteiger partial charge < -0.3 is 10.2 Å². The third kappa shape index (κ3) is 2.90. The molecule has 2 aliphatic heterocycles. The lowest BCUT2D eigenvalue weighted by atomic mass is 10.3. The van der Waals surface area contributed by atoms with Gasteiger partial charge in [-0.1, -0.05) is 0 Å². The molecule has 2 aromatic rings. The summed E-state index contributed by atoms with van der Waals surface area (Å²) in [5.74, 6) is 0.443. The Bertz CT molecular complexity index is 770. The van der Waals surface area contributed by atoms with Crippen molar-refractivity contribution < 1.29 is 9.59 Å². The summed E-state index contributed by atoms with van der Waals surface area (Å²) < 4.78 is 1.88. The topological polar surface area (TPSA) is 82.0 Å². The van der Waals surface area contributed by atoms with Crippen LogP contribution in [0.3, 0.4) is 0 Å². The highest BCUT2D eigenvalue weighted by Gasteiger charge is 2.26. The fourth-order valence-corrected chi connectivity index (χ4v) is 3.06. The fraction of sp³-hybridized carbons (Fsp3) is 0.400. The number of halogens is 1. The van der Waals surface area contributed by atoms with E-state index in [0.717, 1.165) is 37.5 Å². The Morgan fingerprint density at radius 1 is 1.12 bits per heavy atom. The van der Waals surface area contributed by atoms with Crippen LogP contribution in [-0.2, 0) is 4.79 Å². The first kappa shape index (κ1) is 16.5. The number of aromatic nitrogens is 2. The summed E-state index contributed by atoms with van der Waals surface area (Å²) >= 11 is 0. The second-order valence-corrected chi connectivity index (χ2v) is 5.72. The number of imide groups is 1. The zero-order valence-corrected chi connectivity index (χ0v) is 13.9. The Morgan fingerprint density at radius 2 is 1.92 bits per heavy atom. The largest absolute Gasteiger partial charge is 0.369 e. The first-order chi connectivity index (χ1) is 11.2. The molecule has 2 aliphatic rings. The Kier molecular flexibility index (Phi) is 4.59. The van der Waals surface area contributed by atoms with Crippen LogP contribution in [0.4, 0.5) is 16.3 Å². The van der Waals surface area contributed by atoms with Crippen LogP contribution >= 0.6 is 12.4 Å². The molecule has 4 rings (SSSR count). The second kappa shape index (κ2) is 6.66. The van der Waals surface area contributed by atoms with E-state index in [0.29, 0.717) is 18.8 Å². The van der Waals surface area contributed by atoms with Gasteiger partial charge in [-0.2, -0.15) is 0 Å². The molecule has 0 unspecified atom stereocenters. The summed E-state index contributed by atoms with van der Waals surface area (Å²) in [4.78, 5) is 31.6. The highest BCUT2D eigenvalue weighted by atomic mass is 35.5. The van der Waals surface area contributed by atoms with Gasteiger partial charge in [-0.25, -0.2) is 9.78 Å². The van der Waals surface area contributed by atoms with Gasteiger partial charge in [-0.3, -0.25) is 19.4 Å². The third-order valence-electron chi connectivity index (χ3n) is 4.29. The lowest BCUT2D eigenvalue weighted by Gasteiger charge is -2.29. The minimum atomic E-state index is -0.394. The van der Waals surface area contributed by atoms with Crippen molar-refractivity contribution in [2.24, 2.45) is 0 Å². The van der Waals surface area contributed by atoms with Gasteiger partial charge in [0.05, 0.1) is 6.20 Å². The summed E-state index contributed by atoms with van der Waals surface area (Å²) in [6, 6.07) is 3.67. The minimum Gasteiger partial charge on any atom is -0.369 e. The van der Waals surface area contributed by atoms with Crippen molar-refractivity contribution >= 4 is 41.5 Å². The smallest absolute Gasteiger partial charge is 0.329 e. The molecule has 3 amide bonds. The number of fused-ring (bicyclic) bond motifs is 1. The minimum absolute atomic E-state index is 0. The number of amides is 3. The van der Waals surface area contributed by atoms with Crippen LogP contribution in [0, 0.1) is 0 Å². The standard InChI is InChI=1S/C15H18N6O2.ClH/c22-13-2-6-21(15(23)18-13)14-10-17-12-9-11(1-5-20(12)14)19-7-3-16-4-8-19;/h1,5,9-10,16H,2-4,6-8H2,(H,18,22,23);1H. The molecule has 0 atom stereocenters. The van der Waals surface area contributed by atoms with Gasteiger partial charge in [-0.05, 0) is 6.07 Å². The predicted octanol–water partition coefficient (Wildman–Crippen LogP) is 0.612. The van der Waals surface area contributed by atoms with Crippen LogP contribution < -0.4 is 20.4 Å². The maximum Gasteiger partial charge on any atom is 0.329 e. The molecule has 2 saturated heterocycles. The zero-order chi connectivity index (χ0) is 15.8. The van der Waals surface area contributed by atoms with Crippen molar-refractivity contribution in [3.05, 3.63) is 24.5 Å². The fourth-order valence-electron chi connectivity index (χ4n) is 3.06. The van der Waals surface area contributed by atoms with Crippen molar-refractivity contribution in [3.63, 3.8) is 0 Å². The number of piperazine rings is 1. The van der Waals surface area contributed by atoms with Gasteiger partial charge in [0.15, 0.2) is 0 Å². The van der Waals surface area contributed by atoms with Crippen LogP contribution in [0.5, 0.6) is 0 Å². The number of carbonyl (C=O) groups is 2. The normalized spacial score (nSPS) is 18.5. The molecule has 24 heavy (non-hydrogen) atoms. The molecular formula is C15H19ClN6O2. The van der Waals surface area contributed by atoms with Crippen LogP contribution in [0.25, 0.3) is 5.65 Å². The summed E-state index contributed by atoms with van der Waals surface area (Å²) in [7, 11) is 0. The summed E-state index contributed by atoms with van der Waals surface area (Å²) in [6.45, 7) is 4.28. The van der Waals surface area contributed by atoms with E-state index in [2.05, 4.69) is 20.5 Å². The summed E-state index contributed by atoms with van der Waals surface area (Å²) in [5.41, 5.74) is 1.93. The number of pyridine rings is 1. The molecule has 0 aromatic carbocycles. The highest BCUT2D eigenvalue weighted by molar-refractivity contribution is 6.05. The molecule has 0 saturated carbocycles. The van der Waals surface area contributed by atoms with E-state index in [-0.39, 0.29) is 18.3 Å². The molecule has 0 bridgehead atoms. The highest BCUT2D eigenvalue weighted by Crippen LogP contribution is 2.23. The Balaban J connectivity index is 0.00000169. The SMILES string of the molecule is Cl.O=C1CCN(c2cnc3cc(N4CCNCC4)ccn23)C(=O)N1. The van der Waals surface area contributed by atoms with Gasteiger partial charge in [-0.15, -0.1) is 12.4 Å². The number of anilines is 2. The third-order valence-corrected chi connectivity index (χ3v) is 4.29. The quantitative estimate of drug-likeness (QED) is 0.829. The number of urea groups is 1. The Labute approximate surface area is 145 Å². The molecule has 2 aromatic heterocycles. The average molecular weight is 351 g/mol. The number of rotatable bonds is 2. The number of imidazole rings is 1. The van der Waals surface area contributed by atoms with E-state index in [4.69, 9.17) is 0 Å². The molecular weight excluding hydrogens is 332 g/mol. The number of nitrogens with zero attached hydrogens (tertiary/aromatic N) is 4. The zero-order valence-electron chi connectivity index (χ0n) is 13.1. The number of nitrogens with one attached hydrogen (secondary N) is 2. The van der Waals surface area contributed by atoms with E-state index < -0.39 is 6.03 Å². The van der Waals surface area contributed by atoms with Gasteiger partial charge >= 0.3 is 6.03 Å². The number of hydrogen-bond acceptors (Lipinski definition) is 5. The van der Waals surface area contributed by atoms with Crippen LogP contribution in [-0.4, -0.2) is 54.0 Å². The maximum absolute atomic E-state index is 12.0. The first-order valence-corrected chi connectivity index (χ1v) is 7.76. The monoisotopic (exact) mass is 350 g/mol. The molecule has 128 valence electrons. The van der Waals surface area contributed by atoms with Crippen LogP contribution in [0.15, 0.2) is 24.5 Å². The molecule has 2 N–H and O–H groups in total. The Hall–Kier alpha value is -2.32. The molecule has 0 spiro atoms. The van der Waals surface area contributed by atoms with Crippen molar-refractivity contribution in [1.82, 2.24) is 20.0 Å². The molecule has 0 radical (unpaired) electrons. The molecule has 9 heteroatoms. The maximum atomic E-state index is 12.0. The average Bonchev–Trinajstić information content (AvgIpc) is 2.99. The van der Waals surface area contributed by atoms with Crippen LogP contribution in [0.2, 0.25) is 0 Å². The summed E-state index contributed by atoms with van der Waals surface area (Å²) in [5, 5.41) is 5.67. The van der Waals surface area contributed by atoms with E-state index in [1.807, 2.05) is 22.7 Å². The first-order valence-electron chi connectivity index (χ1n) is 7.76. The van der Waals surface area contributed by atoms with E-state index in [9.17, 15) is 9.59 Å². The van der Waals surface area contributed by atoms with Gasteiger partial charge in [0.1, 0.15) is 11.5 Å². The molecule has 8 nitrogen and oxygen atoms in total. The molecule has 2 fully saturated rings. The van der Waals surface area contributed by atoms with Crippen molar-refractivity contribution in [2.75, 3.05) is 42.5 Å². The van der Waals surface area contributed by atoms with Gasteiger partial charge in [0, 0.05) is 57.1 Å².